The van der Waals surface area contributed by atoms with Crippen molar-refractivity contribution in [2.75, 3.05) is 6.61 Å². The third-order valence-electron chi connectivity index (χ3n) is 6.76. The summed E-state index contributed by atoms with van der Waals surface area (Å²) in [5, 5.41) is 4.14. The Morgan fingerprint density at radius 3 is 2.06 bits per heavy atom. The van der Waals surface area contributed by atoms with Crippen LogP contribution in [0.5, 0.6) is 5.75 Å². The van der Waals surface area contributed by atoms with Gasteiger partial charge >= 0.3 is 0 Å². The largest absolute Gasteiger partial charge is 0.493 e. The molecule has 1 heterocycles. The molecule has 1 N–H and O–H groups in total. The number of carbonyl (C=O) groups excluding carboxylic acids is 2. The molecule has 1 aromatic rings. The maximum Gasteiger partial charge on any atom is 0.162 e. The van der Waals surface area contributed by atoms with Crippen molar-refractivity contribution >= 4 is 23.2 Å². The Kier molecular flexibility index (Phi) is 6.04. The van der Waals surface area contributed by atoms with E-state index in [1.807, 2.05) is 18.2 Å². The summed E-state index contributed by atoms with van der Waals surface area (Å²) in [4.78, 5) is 27.0. The fourth-order valence-electron chi connectivity index (χ4n) is 5.40. The van der Waals surface area contributed by atoms with Gasteiger partial charge in [-0.25, -0.2) is 0 Å². The monoisotopic (exact) mass is 455 g/mol. The van der Waals surface area contributed by atoms with Crippen molar-refractivity contribution in [3.8, 4) is 5.75 Å². The molecular formula is C27H34ClNO3. The second-order valence-electron chi connectivity index (χ2n) is 11.1. The number of halogens is 1. The number of nitrogens with one attached hydrogen (secondary N) is 1. The van der Waals surface area contributed by atoms with Gasteiger partial charge in [0.25, 0.3) is 0 Å². The van der Waals surface area contributed by atoms with E-state index in [4.69, 9.17) is 16.3 Å². The minimum Gasteiger partial charge on any atom is -0.493 e. The minimum atomic E-state index is -0.427. The Hall–Kier alpha value is -2.07. The van der Waals surface area contributed by atoms with Crippen molar-refractivity contribution in [2.24, 2.45) is 10.8 Å². The Morgan fingerprint density at radius 1 is 0.969 bits per heavy atom. The summed E-state index contributed by atoms with van der Waals surface area (Å²) < 4.78 is 6.15. The number of ether oxygens (including phenoxy) is 1. The summed E-state index contributed by atoms with van der Waals surface area (Å²) in [6.07, 6.45) is 4.47. The quantitative estimate of drug-likeness (QED) is 0.515. The van der Waals surface area contributed by atoms with Gasteiger partial charge in [-0.1, -0.05) is 52.6 Å². The Balaban J connectivity index is 1.90. The zero-order valence-corrected chi connectivity index (χ0v) is 20.6. The van der Waals surface area contributed by atoms with Crippen molar-refractivity contribution in [1.82, 2.24) is 5.32 Å². The normalized spacial score (nSPS) is 22.4. The van der Waals surface area contributed by atoms with Gasteiger partial charge in [-0.05, 0) is 48.3 Å². The van der Waals surface area contributed by atoms with E-state index in [1.165, 1.54) is 0 Å². The lowest BCUT2D eigenvalue weighted by Gasteiger charge is -2.44. The second-order valence-corrected chi connectivity index (χ2v) is 11.5. The van der Waals surface area contributed by atoms with Crippen LogP contribution >= 0.6 is 11.6 Å². The average Bonchev–Trinajstić information content (AvgIpc) is 2.65. The molecule has 172 valence electrons. The lowest BCUT2D eigenvalue weighted by Crippen LogP contribution is -2.42. The highest BCUT2D eigenvalue weighted by Crippen LogP contribution is 2.52. The number of dihydropyridines is 1. The molecule has 0 fully saturated rings. The third-order valence-corrected chi connectivity index (χ3v) is 6.99. The van der Waals surface area contributed by atoms with Gasteiger partial charge in [0, 0.05) is 51.9 Å². The molecule has 1 aliphatic heterocycles. The molecule has 0 aromatic heterocycles. The minimum absolute atomic E-state index is 0.109. The van der Waals surface area contributed by atoms with Crippen LogP contribution in [0.3, 0.4) is 0 Å². The molecule has 1 aromatic carbocycles. The summed E-state index contributed by atoms with van der Waals surface area (Å²) >= 11 is 6.44. The Morgan fingerprint density at radius 2 is 1.53 bits per heavy atom. The van der Waals surface area contributed by atoms with Crippen molar-refractivity contribution in [2.45, 2.75) is 79.1 Å². The molecule has 32 heavy (non-hydrogen) atoms. The van der Waals surface area contributed by atoms with E-state index in [1.54, 1.807) is 0 Å². The smallest absolute Gasteiger partial charge is 0.162 e. The van der Waals surface area contributed by atoms with Crippen LogP contribution in [0.4, 0.5) is 0 Å². The predicted octanol–water partition coefficient (Wildman–Crippen LogP) is 6.49. The molecule has 0 spiro atoms. The molecular weight excluding hydrogens is 422 g/mol. The number of Topliss-reactive ketones (excluding diaryl/α,β-unsaturated/α-hetero) is 2. The fourth-order valence-corrected chi connectivity index (χ4v) is 5.58. The van der Waals surface area contributed by atoms with E-state index in [9.17, 15) is 9.59 Å². The highest BCUT2D eigenvalue weighted by Gasteiger charge is 2.47. The van der Waals surface area contributed by atoms with Crippen LogP contribution in [-0.4, -0.2) is 18.2 Å². The number of unbranched alkanes of at least 4 members (excludes halogenated alkanes) is 1. The van der Waals surface area contributed by atoms with Crippen molar-refractivity contribution < 1.29 is 14.3 Å². The molecule has 3 aliphatic rings. The first-order chi connectivity index (χ1) is 15.0. The molecule has 4 rings (SSSR count). The summed E-state index contributed by atoms with van der Waals surface area (Å²) in [6, 6.07) is 5.58. The number of allylic oxidation sites excluding steroid dienone is 4. The summed E-state index contributed by atoms with van der Waals surface area (Å²) in [6.45, 7) is 11.2. The lowest BCUT2D eigenvalue weighted by atomic mass is 9.64. The summed E-state index contributed by atoms with van der Waals surface area (Å²) in [5.74, 6) is 0.502. The van der Waals surface area contributed by atoms with E-state index in [0.717, 1.165) is 53.8 Å². The predicted molar refractivity (Wildman–Crippen MR) is 128 cm³/mol. The number of hydrogen-bond acceptors (Lipinski definition) is 4. The maximum absolute atomic E-state index is 13.5. The highest BCUT2D eigenvalue weighted by molar-refractivity contribution is 6.30. The van der Waals surface area contributed by atoms with E-state index < -0.39 is 5.92 Å². The van der Waals surface area contributed by atoms with Gasteiger partial charge < -0.3 is 10.1 Å². The molecule has 0 radical (unpaired) electrons. The molecule has 0 amide bonds. The van der Waals surface area contributed by atoms with Crippen LogP contribution in [0.1, 0.15) is 84.6 Å². The summed E-state index contributed by atoms with van der Waals surface area (Å²) in [5.41, 5.74) is 3.96. The number of rotatable bonds is 5. The van der Waals surface area contributed by atoms with Crippen LogP contribution < -0.4 is 10.1 Å². The average molecular weight is 456 g/mol. The zero-order valence-electron chi connectivity index (χ0n) is 19.9. The number of benzene rings is 1. The molecule has 0 bridgehead atoms. The fraction of sp³-hybridized carbons (Fsp3) is 0.556. The highest BCUT2D eigenvalue weighted by atomic mass is 35.5. The van der Waals surface area contributed by atoms with Gasteiger partial charge in [0.1, 0.15) is 5.75 Å². The molecule has 0 saturated heterocycles. The van der Waals surface area contributed by atoms with Gasteiger partial charge in [0.2, 0.25) is 0 Å². The maximum atomic E-state index is 13.5. The van der Waals surface area contributed by atoms with Crippen molar-refractivity contribution in [3.63, 3.8) is 0 Å². The van der Waals surface area contributed by atoms with Crippen molar-refractivity contribution in [3.05, 3.63) is 51.3 Å². The first-order valence-corrected chi connectivity index (χ1v) is 12.1. The van der Waals surface area contributed by atoms with Crippen LogP contribution in [-0.2, 0) is 9.59 Å². The first kappa shape index (κ1) is 23.1. The van der Waals surface area contributed by atoms with Gasteiger partial charge in [0.15, 0.2) is 11.6 Å². The van der Waals surface area contributed by atoms with Crippen LogP contribution in [0.15, 0.2) is 40.7 Å². The van der Waals surface area contributed by atoms with E-state index in [0.29, 0.717) is 30.2 Å². The number of carbonyl (C=O) groups is 2. The van der Waals surface area contributed by atoms with Gasteiger partial charge in [-0.15, -0.1) is 0 Å². The van der Waals surface area contributed by atoms with Crippen LogP contribution in [0, 0.1) is 10.8 Å². The van der Waals surface area contributed by atoms with Crippen LogP contribution in [0.25, 0.3) is 0 Å². The zero-order chi connectivity index (χ0) is 23.3. The van der Waals surface area contributed by atoms with E-state index in [-0.39, 0.29) is 22.4 Å². The molecule has 0 atom stereocenters. The van der Waals surface area contributed by atoms with Crippen molar-refractivity contribution in [1.29, 1.82) is 0 Å². The SMILES string of the molecule is CCCCOc1ccc(Cl)cc1C1C2=C(CC(C)(C)CC2=O)NC2=C1C(=O)CC(C)(C)C2. The van der Waals surface area contributed by atoms with E-state index >= 15 is 0 Å². The molecule has 0 unspecified atom stereocenters. The molecule has 2 aliphatic carbocycles. The molecule has 5 heteroatoms. The molecule has 0 saturated carbocycles. The third kappa shape index (κ3) is 4.39. The van der Waals surface area contributed by atoms with E-state index in [2.05, 4.69) is 39.9 Å². The number of ketones is 2. The van der Waals surface area contributed by atoms with Gasteiger partial charge in [-0.2, -0.15) is 0 Å². The van der Waals surface area contributed by atoms with Crippen LogP contribution in [0.2, 0.25) is 5.02 Å². The summed E-state index contributed by atoms with van der Waals surface area (Å²) in [7, 11) is 0. The number of hydrogen-bond donors (Lipinski definition) is 1. The Bertz CT molecular complexity index is 979. The van der Waals surface area contributed by atoms with Gasteiger partial charge in [-0.3, -0.25) is 9.59 Å². The standard InChI is InChI=1S/C27H34ClNO3/c1-6-7-10-32-22-9-8-16(28)11-17(22)23-24-18(12-26(2,3)14-20(24)30)29-19-13-27(4,5)15-21(31)25(19)23/h8-9,11,23,29H,6-7,10,12-15H2,1-5H3. The molecule has 4 nitrogen and oxygen atoms in total. The van der Waals surface area contributed by atoms with Gasteiger partial charge in [0.05, 0.1) is 6.61 Å². The first-order valence-electron chi connectivity index (χ1n) is 11.7. The Labute approximate surface area is 196 Å². The topological polar surface area (TPSA) is 55.4 Å². The second kappa shape index (κ2) is 8.37. The lowest BCUT2D eigenvalue weighted by molar-refractivity contribution is -0.119.